The zero-order valence-electron chi connectivity index (χ0n) is 50.5. The lowest BCUT2D eigenvalue weighted by atomic mass is 9.80. The molecule has 17 nitrogen and oxygen atoms in total. The van der Waals surface area contributed by atoms with Gasteiger partial charge in [-0.3, -0.25) is 29.0 Å². The van der Waals surface area contributed by atoms with Crippen molar-refractivity contribution in [1.82, 2.24) is 14.7 Å². The van der Waals surface area contributed by atoms with Gasteiger partial charge in [0, 0.05) is 83.6 Å². The number of hydrogen-bond donors (Lipinski definition) is 2. The molecule has 2 N–H and O–H groups in total. The molecule has 1 amide bonds. The van der Waals surface area contributed by atoms with Gasteiger partial charge in [-0.05, 0) is 104 Å². The number of ether oxygens (including phenoxy) is 7. The first kappa shape index (κ1) is 70.8. The van der Waals surface area contributed by atoms with E-state index >= 15 is 0 Å². The predicted molar refractivity (Wildman–Crippen MR) is 301 cm³/mol. The van der Waals surface area contributed by atoms with Crippen LogP contribution in [0.25, 0.3) is 0 Å². The Bertz CT molecular complexity index is 1900. The third kappa shape index (κ3) is 25.2. The first-order valence-electron chi connectivity index (χ1n) is 27.7. The quantitative estimate of drug-likeness (QED) is 0.0431. The van der Waals surface area contributed by atoms with Crippen LogP contribution in [-0.2, 0) is 57.1 Å². The van der Waals surface area contributed by atoms with Gasteiger partial charge < -0.3 is 48.3 Å². The molecule has 1 aliphatic heterocycles. The molecule has 0 saturated carbocycles. The number of amides is 1. The molecular weight excluding hydrogens is 987 g/mol. The molecule has 0 fully saturated rings. The van der Waals surface area contributed by atoms with Crippen molar-refractivity contribution in [1.29, 1.82) is 0 Å². The number of allylic oxidation sites excluding steroid dienone is 3. The first-order valence-corrected chi connectivity index (χ1v) is 27.7. The molecule has 17 heteroatoms. The molecule has 0 saturated heterocycles. The van der Waals surface area contributed by atoms with Crippen LogP contribution >= 0.6 is 0 Å². The third-order valence-corrected chi connectivity index (χ3v) is 15.5. The standard InChI is InChI=1S/C60H103N3O14/c1-38-25-26-39(2)51(73-19)31-28-40(3)55(67)44(7)52(76-60(70)50(36-71-17)62(14)15)23-21-20-22-24-54(66)77-58(42(5)27-30-49(35-38)72-18)46(9)56(68)41(4)29-32-53(75-59(69)47(10)61(12)13)45(8)57(74-48(11)65)43(6)33-34-63(16)37-64/h20-22,24,26-27,30,33-34,37-38,40-47,49-53,55-58,67-68H,23,25,28-29,31-32,35-36H2,1-19H3. The van der Waals surface area contributed by atoms with Crippen molar-refractivity contribution in [3.63, 3.8) is 0 Å². The Kier molecular flexibility index (Phi) is 33.9. The van der Waals surface area contributed by atoms with Crippen LogP contribution in [0.15, 0.2) is 60.4 Å². The fourth-order valence-corrected chi connectivity index (χ4v) is 9.71. The first-order chi connectivity index (χ1) is 36.1. The second-order valence-electron chi connectivity index (χ2n) is 22.4. The summed E-state index contributed by atoms with van der Waals surface area (Å²) in [5.41, 5.74) is 1.10. The van der Waals surface area contributed by atoms with Crippen LogP contribution in [0.3, 0.4) is 0 Å². The summed E-state index contributed by atoms with van der Waals surface area (Å²) in [6, 6.07) is -1.23. The number of aliphatic hydroxyl groups is 2. The van der Waals surface area contributed by atoms with Crippen LogP contribution in [0.4, 0.5) is 0 Å². The highest BCUT2D eigenvalue weighted by molar-refractivity contribution is 5.82. The zero-order chi connectivity index (χ0) is 58.7. The molecular formula is C60H103N3O14. The summed E-state index contributed by atoms with van der Waals surface area (Å²) in [5.74, 6) is -4.65. The largest absolute Gasteiger partial charge is 0.462 e. The Hall–Kier alpha value is -4.23. The second kappa shape index (κ2) is 36.8. The SMILES string of the molecule is COCC(C(=O)OC1CC=CC=CC(=O)OC(C(C)C(O)C(C)CCC(OC(=O)C(C)N(C)C)C(C)C(OC(C)=O)C(C)C=CN(C)C=O)C(C)C=CC(OC)CC(C)CC=C(C)C(OC)CCC(C)C(O)C1C)N(C)C. The molecule has 0 spiro atoms. The molecule has 0 radical (unpaired) electrons. The van der Waals surface area contributed by atoms with Crippen LogP contribution in [0.2, 0.25) is 0 Å². The molecule has 0 aromatic rings. The van der Waals surface area contributed by atoms with Gasteiger partial charge in [0.1, 0.15) is 36.5 Å². The Morgan fingerprint density at radius 3 is 2.10 bits per heavy atom. The van der Waals surface area contributed by atoms with E-state index in [0.29, 0.717) is 38.5 Å². The smallest absolute Gasteiger partial charge is 0.331 e. The predicted octanol–water partition coefficient (Wildman–Crippen LogP) is 7.98. The maximum absolute atomic E-state index is 13.8. The van der Waals surface area contributed by atoms with E-state index in [1.165, 1.54) is 25.0 Å². The number of cyclic esters (lactones) is 1. The summed E-state index contributed by atoms with van der Waals surface area (Å²) in [7, 11) is 13.6. The van der Waals surface area contributed by atoms with E-state index in [4.69, 9.17) is 33.2 Å². The Morgan fingerprint density at radius 1 is 0.870 bits per heavy atom. The van der Waals surface area contributed by atoms with Gasteiger partial charge in [0.15, 0.2) is 0 Å². The third-order valence-electron chi connectivity index (χ3n) is 15.5. The van der Waals surface area contributed by atoms with Crippen molar-refractivity contribution < 1.29 is 67.3 Å². The Balaban J connectivity index is 3.77. The summed E-state index contributed by atoms with van der Waals surface area (Å²) in [4.78, 5) is 69.5. The number of nitrogens with zero attached hydrogens (tertiary/aromatic N) is 3. The van der Waals surface area contributed by atoms with Crippen molar-refractivity contribution in [2.75, 3.05) is 63.2 Å². The minimum atomic E-state index is -0.989. The average molecular weight is 1090 g/mol. The van der Waals surface area contributed by atoms with Crippen LogP contribution in [0.5, 0.6) is 0 Å². The maximum Gasteiger partial charge on any atom is 0.331 e. The van der Waals surface area contributed by atoms with Crippen molar-refractivity contribution in [3.05, 3.63) is 60.4 Å². The minimum absolute atomic E-state index is 0.127. The number of carbonyl (C=O) groups excluding carboxylic acids is 5. The zero-order valence-corrected chi connectivity index (χ0v) is 50.5. The van der Waals surface area contributed by atoms with E-state index in [9.17, 15) is 34.2 Å². The molecule has 0 aromatic heterocycles. The molecule has 1 aliphatic rings. The number of hydrogen-bond acceptors (Lipinski definition) is 16. The number of esters is 4. The van der Waals surface area contributed by atoms with E-state index in [-0.39, 0.29) is 54.8 Å². The van der Waals surface area contributed by atoms with Crippen LogP contribution in [0.1, 0.15) is 121 Å². The molecule has 1 rings (SSSR count). The Morgan fingerprint density at radius 2 is 1.53 bits per heavy atom. The monoisotopic (exact) mass is 1090 g/mol. The summed E-state index contributed by atoms with van der Waals surface area (Å²) >= 11 is 0. The van der Waals surface area contributed by atoms with Gasteiger partial charge in [-0.2, -0.15) is 0 Å². The van der Waals surface area contributed by atoms with Crippen LogP contribution in [0, 0.1) is 47.3 Å². The van der Waals surface area contributed by atoms with Crippen LogP contribution in [-0.4, -0.2) is 179 Å². The fourth-order valence-electron chi connectivity index (χ4n) is 9.71. The van der Waals surface area contributed by atoms with E-state index in [0.717, 1.165) is 12.0 Å². The van der Waals surface area contributed by atoms with Gasteiger partial charge in [0.2, 0.25) is 6.41 Å². The highest BCUT2D eigenvalue weighted by Crippen LogP contribution is 2.33. The molecule has 1 heterocycles. The van der Waals surface area contributed by atoms with Gasteiger partial charge in [0.05, 0.1) is 31.0 Å². The summed E-state index contributed by atoms with van der Waals surface area (Å²) in [6.07, 6.45) is 15.2. The van der Waals surface area contributed by atoms with E-state index in [1.807, 2.05) is 60.6 Å². The van der Waals surface area contributed by atoms with Crippen molar-refractivity contribution in [2.45, 2.75) is 182 Å². The summed E-state index contributed by atoms with van der Waals surface area (Å²) < 4.78 is 41.7. The molecule has 0 aliphatic carbocycles. The summed E-state index contributed by atoms with van der Waals surface area (Å²) in [5, 5.41) is 23.9. The van der Waals surface area contributed by atoms with Gasteiger partial charge >= 0.3 is 23.9 Å². The fraction of sp³-hybridized carbons (Fsp3) is 0.750. The van der Waals surface area contributed by atoms with Crippen molar-refractivity contribution in [3.8, 4) is 0 Å². The highest BCUT2D eigenvalue weighted by atomic mass is 16.6. The minimum Gasteiger partial charge on any atom is -0.462 e. The van der Waals surface area contributed by atoms with Gasteiger partial charge in [-0.1, -0.05) is 97.9 Å². The van der Waals surface area contributed by atoms with Gasteiger partial charge in [0.25, 0.3) is 0 Å². The normalized spacial score (nSPS) is 27.4. The average Bonchev–Trinajstić information content (AvgIpc) is 3.39. The van der Waals surface area contributed by atoms with E-state index < -0.39 is 90.3 Å². The van der Waals surface area contributed by atoms with Crippen molar-refractivity contribution in [2.24, 2.45) is 47.3 Å². The highest BCUT2D eigenvalue weighted by Gasteiger charge is 2.38. The molecule has 0 aromatic carbocycles. The number of likely N-dealkylation sites (N-methyl/N-ethyl adjacent to an activating group) is 2. The topological polar surface area (TPSA) is 200 Å². The van der Waals surface area contributed by atoms with Gasteiger partial charge in [-0.25, -0.2) is 4.79 Å². The molecule has 0 bridgehead atoms. The lowest BCUT2D eigenvalue weighted by molar-refractivity contribution is -0.166. The number of carbonyl (C=O) groups is 5. The second-order valence-corrected chi connectivity index (χ2v) is 22.4. The van der Waals surface area contributed by atoms with Gasteiger partial charge in [-0.15, -0.1) is 0 Å². The molecule has 18 atom stereocenters. The number of aliphatic hydroxyl groups excluding tert-OH is 2. The summed E-state index contributed by atoms with van der Waals surface area (Å²) in [6.45, 7) is 20.7. The Labute approximate surface area is 463 Å². The van der Waals surface area contributed by atoms with Crippen LogP contribution < -0.4 is 0 Å². The van der Waals surface area contributed by atoms with E-state index in [2.05, 4.69) is 19.9 Å². The maximum atomic E-state index is 13.8. The molecule has 77 heavy (non-hydrogen) atoms. The van der Waals surface area contributed by atoms with Crippen molar-refractivity contribution >= 4 is 30.3 Å². The number of rotatable bonds is 23. The van der Waals surface area contributed by atoms with E-state index in [1.54, 1.807) is 96.7 Å². The number of methoxy groups -OCH3 is 3. The molecule has 442 valence electrons. The lowest BCUT2D eigenvalue weighted by Gasteiger charge is -2.36. The molecule has 18 unspecified atom stereocenters. The lowest BCUT2D eigenvalue weighted by Crippen LogP contribution is -2.44.